The Morgan fingerprint density at radius 2 is 1.95 bits per heavy atom. The van der Waals surface area contributed by atoms with Gasteiger partial charge in [-0.3, -0.25) is 9.69 Å². The van der Waals surface area contributed by atoms with Crippen molar-refractivity contribution in [3.8, 4) is 0 Å². The third-order valence-corrected chi connectivity index (χ3v) is 3.67. The van der Waals surface area contributed by atoms with Gasteiger partial charge >= 0.3 is 0 Å². The van der Waals surface area contributed by atoms with Crippen LogP contribution in [0.1, 0.15) is 18.4 Å². The molecule has 1 saturated heterocycles. The highest BCUT2D eigenvalue weighted by Crippen LogP contribution is 2.13. The Morgan fingerprint density at radius 1 is 1.26 bits per heavy atom. The van der Waals surface area contributed by atoms with Gasteiger partial charge in [0.05, 0.1) is 6.54 Å². The van der Waals surface area contributed by atoms with Crippen molar-refractivity contribution in [1.82, 2.24) is 15.5 Å². The summed E-state index contributed by atoms with van der Waals surface area (Å²) in [7, 11) is 1.67. The van der Waals surface area contributed by atoms with E-state index in [0.29, 0.717) is 12.6 Å². The average molecular weight is 261 g/mol. The van der Waals surface area contributed by atoms with Gasteiger partial charge in [0.1, 0.15) is 0 Å². The van der Waals surface area contributed by atoms with E-state index in [4.69, 9.17) is 0 Å². The lowest BCUT2D eigenvalue weighted by molar-refractivity contribution is -0.119. The fraction of sp³-hybridized carbons (Fsp3) is 0.533. The Morgan fingerprint density at radius 3 is 2.58 bits per heavy atom. The molecule has 1 heterocycles. The van der Waals surface area contributed by atoms with E-state index < -0.39 is 0 Å². The average Bonchev–Trinajstić information content (AvgIpc) is 2.47. The van der Waals surface area contributed by atoms with Gasteiger partial charge in [-0.2, -0.15) is 0 Å². The lowest BCUT2D eigenvalue weighted by Gasteiger charge is -2.32. The van der Waals surface area contributed by atoms with E-state index in [9.17, 15) is 4.79 Å². The van der Waals surface area contributed by atoms with Crippen LogP contribution in [0.4, 0.5) is 0 Å². The summed E-state index contributed by atoms with van der Waals surface area (Å²) in [6, 6.07) is 11.1. The number of hydrogen-bond acceptors (Lipinski definition) is 3. The molecule has 0 atom stereocenters. The first-order chi connectivity index (χ1) is 9.28. The van der Waals surface area contributed by atoms with Gasteiger partial charge in [0.2, 0.25) is 5.91 Å². The van der Waals surface area contributed by atoms with Crippen LogP contribution >= 0.6 is 0 Å². The lowest BCUT2D eigenvalue weighted by atomic mass is 10.0. The Labute approximate surface area is 115 Å². The number of likely N-dealkylation sites (tertiary alicyclic amines) is 1. The topological polar surface area (TPSA) is 44.4 Å². The molecule has 1 amide bonds. The largest absolute Gasteiger partial charge is 0.358 e. The number of piperidine rings is 1. The minimum absolute atomic E-state index is 0.0618. The van der Waals surface area contributed by atoms with Crippen molar-refractivity contribution >= 4 is 5.91 Å². The second-order valence-corrected chi connectivity index (χ2v) is 5.09. The van der Waals surface area contributed by atoms with Crippen molar-refractivity contribution in [3.63, 3.8) is 0 Å². The van der Waals surface area contributed by atoms with Crippen molar-refractivity contribution in [3.05, 3.63) is 35.9 Å². The van der Waals surface area contributed by atoms with E-state index in [2.05, 4.69) is 45.9 Å². The van der Waals surface area contributed by atoms with Crippen LogP contribution in [-0.2, 0) is 11.3 Å². The maximum atomic E-state index is 11.2. The van der Waals surface area contributed by atoms with Gasteiger partial charge in [0.15, 0.2) is 0 Å². The zero-order valence-electron chi connectivity index (χ0n) is 11.6. The molecule has 4 heteroatoms. The number of nitrogens with one attached hydrogen (secondary N) is 2. The molecular weight excluding hydrogens is 238 g/mol. The van der Waals surface area contributed by atoms with Gasteiger partial charge in [-0.1, -0.05) is 30.3 Å². The molecule has 1 aromatic carbocycles. The number of nitrogens with zero attached hydrogens (tertiary/aromatic N) is 1. The highest BCUT2D eigenvalue weighted by Gasteiger charge is 2.19. The number of hydrogen-bond donors (Lipinski definition) is 2. The zero-order chi connectivity index (χ0) is 13.5. The van der Waals surface area contributed by atoms with E-state index in [0.717, 1.165) is 32.5 Å². The first kappa shape index (κ1) is 14.0. The van der Waals surface area contributed by atoms with E-state index in [1.165, 1.54) is 5.56 Å². The van der Waals surface area contributed by atoms with Gasteiger partial charge in [0, 0.05) is 19.6 Å². The molecule has 0 aromatic heterocycles. The van der Waals surface area contributed by atoms with Crippen LogP contribution in [0, 0.1) is 0 Å². The van der Waals surface area contributed by atoms with Crippen molar-refractivity contribution < 1.29 is 4.79 Å². The van der Waals surface area contributed by atoms with Gasteiger partial charge in [-0.05, 0) is 31.5 Å². The Balaban J connectivity index is 1.69. The number of carbonyl (C=O) groups excluding carboxylic acids is 1. The van der Waals surface area contributed by atoms with Crippen LogP contribution in [0.25, 0.3) is 0 Å². The molecule has 1 fully saturated rings. The molecule has 2 N–H and O–H groups in total. The number of benzene rings is 1. The number of likely N-dealkylation sites (N-methyl/N-ethyl adjacent to an activating group) is 1. The summed E-state index contributed by atoms with van der Waals surface area (Å²) < 4.78 is 0. The van der Waals surface area contributed by atoms with Crippen molar-refractivity contribution in [1.29, 1.82) is 0 Å². The zero-order valence-corrected chi connectivity index (χ0v) is 11.6. The molecule has 0 aliphatic carbocycles. The van der Waals surface area contributed by atoms with Gasteiger partial charge in [0.25, 0.3) is 0 Å². The van der Waals surface area contributed by atoms with E-state index in [1.54, 1.807) is 7.05 Å². The first-order valence-corrected chi connectivity index (χ1v) is 6.98. The van der Waals surface area contributed by atoms with E-state index in [-0.39, 0.29) is 5.91 Å². The summed E-state index contributed by atoms with van der Waals surface area (Å²) in [6.45, 7) is 3.66. The second kappa shape index (κ2) is 7.26. The van der Waals surface area contributed by atoms with Crippen LogP contribution in [0.15, 0.2) is 30.3 Å². The standard InChI is InChI=1S/C15H23N3O/c1-16-15(19)11-17-14-7-9-18(10-8-14)12-13-5-3-2-4-6-13/h2-6,14,17H,7-12H2,1H3,(H,16,19). The highest BCUT2D eigenvalue weighted by atomic mass is 16.1. The molecule has 104 valence electrons. The SMILES string of the molecule is CNC(=O)CNC1CCN(Cc2ccccc2)CC1. The molecule has 0 spiro atoms. The molecule has 0 unspecified atom stereocenters. The monoisotopic (exact) mass is 261 g/mol. The number of carbonyl (C=O) groups is 1. The fourth-order valence-electron chi connectivity index (χ4n) is 2.46. The lowest BCUT2D eigenvalue weighted by Crippen LogP contribution is -2.45. The summed E-state index contributed by atoms with van der Waals surface area (Å²) >= 11 is 0. The fourth-order valence-corrected chi connectivity index (χ4v) is 2.46. The summed E-state index contributed by atoms with van der Waals surface area (Å²) in [4.78, 5) is 13.7. The highest BCUT2D eigenvalue weighted by molar-refractivity contribution is 5.77. The number of rotatable bonds is 5. The van der Waals surface area contributed by atoms with Crippen LogP contribution in [0.2, 0.25) is 0 Å². The number of amides is 1. The van der Waals surface area contributed by atoms with E-state index in [1.807, 2.05) is 0 Å². The van der Waals surface area contributed by atoms with Gasteiger partial charge in [-0.25, -0.2) is 0 Å². The third-order valence-electron chi connectivity index (χ3n) is 3.67. The van der Waals surface area contributed by atoms with Gasteiger partial charge < -0.3 is 10.6 Å². The van der Waals surface area contributed by atoms with Crippen LogP contribution in [0.5, 0.6) is 0 Å². The molecule has 0 saturated carbocycles. The maximum absolute atomic E-state index is 11.2. The van der Waals surface area contributed by atoms with Crippen molar-refractivity contribution in [2.75, 3.05) is 26.7 Å². The molecule has 1 aromatic rings. The van der Waals surface area contributed by atoms with Crippen molar-refractivity contribution in [2.45, 2.75) is 25.4 Å². The molecule has 19 heavy (non-hydrogen) atoms. The van der Waals surface area contributed by atoms with Crippen LogP contribution in [0.3, 0.4) is 0 Å². The predicted molar refractivity (Wildman–Crippen MR) is 76.8 cm³/mol. The molecule has 2 rings (SSSR count). The quantitative estimate of drug-likeness (QED) is 0.830. The molecule has 1 aliphatic heterocycles. The maximum Gasteiger partial charge on any atom is 0.233 e. The van der Waals surface area contributed by atoms with Crippen molar-refractivity contribution in [2.24, 2.45) is 0 Å². The molecule has 0 bridgehead atoms. The first-order valence-electron chi connectivity index (χ1n) is 6.98. The molecule has 1 aliphatic rings. The summed E-state index contributed by atoms with van der Waals surface area (Å²) in [5, 5.41) is 5.95. The molecule has 0 radical (unpaired) electrons. The summed E-state index contributed by atoms with van der Waals surface area (Å²) in [6.07, 6.45) is 2.23. The second-order valence-electron chi connectivity index (χ2n) is 5.09. The molecule has 4 nitrogen and oxygen atoms in total. The predicted octanol–water partition coefficient (Wildman–Crippen LogP) is 0.987. The summed E-state index contributed by atoms with van der Waals surface area (Å²) in [5.41, 5.74) is 1.37. The smallest absolute Gasteiger partial charge is 0.233 e. The van der Waals surface area contributed by atoms with E-state index >= 15 is 0 Å². The Hall–Kier alpha value is -1.39. The minimum atomic E-state index is 0.0618. The summed E-state index contributed by atoms with van der Waals surface area (Å²) in [5.74, 6) is 0.0618. The Bertz CT molecular complexity index is 386. The van der Waals surface area contributed by atoms with Gasteiger partial charge in [-0.15, -0.1) is 0 Å². The van der Waals surface area contributed by atoms with Crippen LogP contribution in [-0.4, -0.2) is 43.5 Å². The molecular formula is C15H23N3O. The normalized spacial score (nSPS) is 17.3. The van der Waals surface area contributed by atoms with Crippen LogP contribution < -0.4 is 10.6 Å². The third kappa shape index (κ3) is 4.65. The Kier molecular flexibility index (Phi) is 5.36. The minimum Gasteiger partial charge on any atom is -0.358 e.